The number of rotatable bonds is 9. The van der Waals surface area contributed by atoms with Crippen molar-refractivity contribution in [3.8, 4) is 23.0 Å². The molecule has 2 aliphatic carbocycles. The number of halogens is 2. The molecule has 2 aliphatic heterocycles. The molecule has 0 radical (unpaired) electrons. The van der Waals surface area contributed by atoms with Crippen LogP contribution >= 0.6 is 45.9 Å². The van der Waals surface area contributed by atoms with E-state index in [1.807, 2.05) is 72.8 Å². The number of carbonyl (C=O) groups is 2. The van der Waals surface area contributed by atoms with E-state index < -0.39 is 16.8 Å². The molecule has 2 aromatic heterocycles. The third-order valence-electron chi connectivity index (χ3n) is 9.96. The molecule has 4 heterocycles. The lowest BCUT2D eigenvalue weighted by Gasteiger charge is -2.14. The lowest BCUT2D eigenvalue weighted by atomic mass is 9.94. The van der Waals surface area contributed by atoms with E-state index in [9.17, 15) is 9.59 Å². The normalized spacial score (nSPS) is 15.7. The van der Waals surface area contributed by atoms with E-state index in [2.05, 4.69) is 25.7 Å². The van der Waals surface area contributed by atoms with Crippen molar-refractivity contribution in [3.05, 3.63) is 127 Å². The fourth-order valence-electron chi connectivity index (χ4n) is 6.45. The minimum atomic E-state index is -0.749. The SMILES string of the molecule is Nc1nnc(Cc2ccccc2Cl)s1.O=C(Nc1nnc(Cc2ccccc2Cl)s1)C1(c2ccc3c(c2)OCO3)CC1.O=C(O)C1(c2ccc3c(c2)OCO3)CC1. The van der Waals surface area contributed by atoms with Crippen molar-refractivity contribution in [1.82, 2.24) is 20.4 Å². The monoisotopic (exact) mass is 844 g/mol. The largest absolute Gasteiger partial charge is 0.481 e. The lowest BCUT2D eigenvalue weighted by Crippen LogP contribution is -2.27. The van der Waals surface area contributed by atoms with Crippen molar-refractivity contribution in [3.63, 3.8) is 0 Å². The number of benzene rings is 4. The number of aliphatic carboxylic acids is 1. The third kappa shape index (κ3) is 8.47. The van der Waals surface area contributed by atoms with E-state index in [0.717, 1.165) is 50.1 Å². The van der Waals surface area contributed by atoms with Gasteiger partial charge in [-0.1, -0.05) is 94.4 Å². The first kappa shape index (κ1) is 38.4. The number of amides is 1. The highest BCUT2D eigenvalue weighted by Crippen LogP contribution is 2.52. The average molecular weight is 846 g/mol. The number of ether oxygens (including phenoxy) is 4. The van der Waals surface area contributed by atoms with Crippen LogP contribution < -0.4 is 30.0 Å². The first-order chi connectivity index (χ1) is 27.6. The van der Waals surface area contributed by atoms with Crippen LogP contribution in [0.2, 0.25) is 10.0 Å². The molecule has 292 valence electrons. The Morgan fingerprint density at radius 2 is 1.16 bits per heavy atom. The van der Waals surface area contributed by atoms with Crippen LogP contribution in [0, 0.1) is 0 Å². The van der Waals surface area contributed by atoms with E-state index in [1.54, 1.807) is 12.1 Å². The molecule has 17 heteroatoms. The van der Waals surface area contributed by atoms with Gasteiger partial charge in [0.25, 0.3) is 0 Å². The van der Waals surface area contributed by atoms with Crippen molar-refractivity contribution in [2.24, 2.45) is 0 Å². The van der Waals surface area contributed by atoms with Gasteiger partial charge >= 0.3 is 5.97 Å². The average Bonchev–Trinajstić information content (AvgIpc) is 3.93. The molecule has 2 saturated carbocycles. The Morgan fingerprint density at radius 1 is 0.667 bits per heavy atom. The van der Waals surface area contributed by atoms with Crippen LogP contribution in [0.3, 0.4) is 0 Å². The Hall–Kier alpha value is -5.48. The number of carboxylic acids is 1. The second-order valence-corrected chi connectivity index (χ2v) is 16.6. The zero-order chi connectivity index (χ0) is 39.6. The number of nitrogens with zero attached hydrogens (tertiary/aromatic N) is 4. The molecule has 13 nitrogen and oxygen atoms in total. The zero-order valence-corrected chi connectivity index (χ0v) is 33.2. The van der Waals surface area contributed by atoms with Gasteiger partial charge < -0.3 is 29.8 Å². The van der Waals surface area contributed by atoms with Crippen LogP contribution in [0.4, 0.5) is 10.3 Å². The minimum Gasteiger partial charge on any atom is -0.481 e. The van der Waals surface area contributed by atoms with Crippen LogP contribution in [0.15, 0.2) is 84.9 Å². The molecular weight excluding hydrogens is 812 g/mol. The summed E-state index contributed by atoms with van der Waals surface area (Å²) in [5.74, 6) is 1.94. The summed E-state index contributed by atoms with van der Waals surface area (Å²) in [4.78, 5) is 24.1. The van der Waals surface area contributed by atoms with Crippen LogP contribution in [0.5, 0.6) is 23.0 Å². The Morgan fingerprint density at radius 3 is 1.65 bits per heavy atom. The summed E-state index contributed by atoms with van der Waals surface area (Å²) < 4.78 is 21.2. The van der Waals surface area contributed by atoms with Gasteiger partial charge in [-0.15, -0.1) is 20.4 Å². The van der Waals surface area contributed by atoms with Gasteiger partial charge in [-0.05, 0) is 84.3 Å². The fourth-order valence-corrected chi connectivity index (χ4v) is 8.25. The summed E-state index contributed by atoms with van der Waals surface area (Å²) in [6.07, 6.45) is 4.28. The van der Waals surface area contributed by atoms with Crippen molar-refractivity contribution in [2.45, 2.75) is 49.4 Å². The van der Waals surface area contributed by atoms with Gasteiger partial charge in [0, 0.05) is 22.9 Å². The van der Waals surface area contributed by atoms with E-state index in [-0.39, 0.29) is 19.5 Å². The van der Waals surface area contributed by atoms with Crippen LogP contribution in [-0.2, 0) is 33.3 Å². The number of carboxylic acid groups (broad SMARTS) is 1. The van der Waals surface area contributed by atoms with Crippen molar-refractivity contribution in [2.75, 3.05) is 24.6 Å². The molecule has 2 fully saturated rings. The maximum atomic E-state index is 13.0. The Labute approximate surface area is 344 Å². The highest BCUT2D eigenvalue weighted by atomic mass is 35.5. The highest BCUT2D eigenvalue weighted by molar-refractivity contribution is 7.15. The molecule has 4 aliphatic rings. The number of nitrogens with two attached hydrogens (primary N) is 1. The number of hydrogen-bond donors (Lipinski definition) is 3. The van der Waals surface area contributed by atoms with Crippen LogP contribution in [0.1, 0.15) is 58.0 Å². The molecule has 0 atom stereocenters. The third-order valence-corrected chi connectivity index (χ3v) is 12.3. The highest BCUT2D eigenvalue weighted by Gasteiger charge is 2.53. The van der Waals surface area contributed by atoms with Gasteiger partial charge in [-0.2, -0.15) is 0 Å². The van der Waals surface area contributed by atoms with Crippen molar-refractivity contribution < 1.29 is 33.6 Å². The van der Waals surface area contributed by atoms with Crippen LogP contribution in [0.25, 0.3) is 0 Å². The molecular formula is C40H34Cl2N6O7S2. The molecule has 57 heavy (non-hydrogen) atoms. The smallest absolute Gasteiger partial charge is 0.314 e. The maximum absolute atomic E-state index is 13.0. The molecule has 0 spiro atoms. The van der Waals surface area contributed by atoms with Gasteiger partial charge in [-0.25, -0.2) is 0 Å². The number of nitrogen functional groups attached to an aromatic ring is 1. The number of nitrogens with one attached hydrogen (secondary N) is 1. The Balaban J connectivity index is 0.000000132. The Bertz CT molecular complexity index is 2450. The topological polar surface area (TPSA) is 181 Å². The number of anilines is 2. The number of fused-ring (bicyclic) bond motifs is 2. The summed E-state index contributed by atoms with van der Waals surface area (Å²) >= 11 is 15.0. The van der Waals surface area contributed by atoms with E-state index >= 15 is 0 Å². The predicted octanol–water partition coefficient (Wildman–Crippen LogP) is 8.08. The second kappa shape index (κ2) is 16.2. The lowest BCUT2D eigenvalue weighted by molar-refractivity contribution is -0.140. The quantitative estimate of drug-likeness (QED) is 0.128. The van der Waals surface area contributed by atoms with Crippen LogP contribution in [-0.4, -0.2) is 51.0 Å². The standard InChI is InChI=1S/C20H16ClN3O3S.C11H10O4.C9H8ClN3S/c21-14-4-2-1-3-12(14)9-17-23-24-19(28-17)22-18(25)20(7-8-20)13-5-6-15-16(10-13)27-11-26-15;12-10(13)11(3-4-11)7-1-2-8-9(5-7)15-6-14-8;10-7-4-2-1-3-6(7)5-8-12-13-9(11)14-8/h1-6,10H,7-9,11H2,(H,22,24,25);1-2,5H,3-4,6H2,(H,12,13);1-4H,5H2,(H2,11,13). The summed E-state index contributed by atoms with van der Waals surface area (Å²) in [5, 5.41) is 32.2. The molecule has 1 amide bonds. The van der Waals surface area contributed by atoms with E-state index in [0.29, 0.717) is 64.0 Å². The van der Waals surface area contributed by atoms with E-state index in [4.69, 9.17) is 53.0 Å². The second-order valence-electron chi connectivity index (χ2n) is 13.6. The molecule has 4 aromatic carbocycles. The number of aromatic nitrogens is 4. The first-order valence-electron chi connectivity index (χ1n) is 17.8. The Kier molecular flexibility index (Phi) is 10.9. The molecule has 4 N–H and O–H groups in total. The maximum Gasteiger partial charge on any atom is 0.314 e. The van der Waals surface area contributed by atoms with Gasteiger partial charge in [0.15, 0.2) is 23.0 Å². The zero-order valence-electron chi connectivity index (χ0n) is 30.1. The number of hydrogen-bond acceptors (Lipinski definition) is 13. The summed E-state index contributed by atoms with van der Waals surface area (Å²) in [6.45, 7) is 0.440. The summed E-state index contributed by atoms with van der Waals surface area (Å²) in [6, 6.07) is 26.4. The van der Waals surface area contributed by atoms with Crippen molar-refractivity contribution >= 4 is 68.0 Å². The minimum absolute atomic E-state index is 0.0631. The fraction of sp³-hybridized carbons (Fsp3) is 0.250. The molecule has 10 rings (SSSR count). The number of carbonyl (C=O) groups excluding carboxylic acids is 1. The molecule has 6 aromatic rings. The van der Waals surface area contributed by atoms with Gasteiger partial charge in [0.05, 0.1) is 10.8 Å². The van der Waals surface area contributed by atoms with E-state index in [1.165, 1.54) is 22.7 Å². The van der Waals surface area contributed by atoms with Gasteiger partial charge in [0.1, 0.15) is 10.0 Å². The molecule has 0 unspecified atom stereocenters. The molecule has 0 bridgehead atoms. The first-order valence-corrected chi connectivity index (χ1v) is 20.2. The van der Waals surface area contributed by atoms with Gasteiger partial charge in [0.2, 0.25) is 29.8 Å². The van der Waals surface area contributed by atoms with Crippen molar-refractivity contribution in [1.29, 1.82) is 0 Å². The predicted molar refractivity (Wildman–Crippen MR) is 216 cm³/mol. The summed E-state index contributed by atoms with van der Waals surface area (Å²) in [7, 11) is 0. The summed E-state index contributed by atoms with van der Waals surface area (Å²) in [5.41, 5.74) is 8.07. The molecule has 0 saturated heterocycles. The van der Waals surface area contributed by atoms with Gasteiger partial charge in [-0.3, -0.25) is 14.9 Å².